The fraction of sp³-hybridized carbons (Fsp3) is 0.444. The van der Waals surface area contributed by atoms with Crippen molar-refractivity contribution in [2.24, 2.45) is 0 Å². The van der Waals surface area contributed by atoms with Crippen LogP contribution in [0.1, 0.15) is 37.1 Å². The van der Waals surface area contributed by atoms with Gasteiger partial charge in [0.15, 0.2) is 0 Å². The molecule has 0 radical (unpaired) electrons. The van der Waals surface area contributed by atoms with Crippen molar-refractivity contribution in [1.82, 2.24) is 15.6 Å². The normalized spacial score (nSPS) is 16.5. The minimum absolute atomic E-state index is 0.259. The van der Waals surface area contributed by atoms with Crippen LogP contribution in [0.3, 0.4) is 0 Å². The van der Waals surface area contributed by atoms with E-state index in [0.29, 0.717) is 13.1 Å². The van der Waals surface area contributed by atoms with Crippen molar-refractivity contribution in [3.8, 4) is 11.3 Å². The van der Waals surface area contributed by atoms with Gasteiger partial charge < -0.3 is 15.7 Å². The van der Waals surface area contributed by atoms with Crippen LogP contribution >= 0.6 is 11.3 Å². The van der Waals surface area contributed by atoms with Crippen LogP contribution in [0.15, 0.2) is 35.7 Å². The molecule has 0 unspecified atom stereocenters. The third-order valence-corrected chi connectivity index (χ3v) is 5.23. The fourth-order valence-corrected chi connectivity index (χ4v) is 3.73. The van der Waals surface area contributed by atoms with Gasteiger partial charge in [-0.2, -0.15) is 0 Å². The highest BCUT2D eigenvalue weighted by molar-refractivity contribution is 7.09. The first-order chi connectivity index (χ1) is 11.6. The van der Waals surface area contributed by atoms with Gasteiger partial charge in [-0.05, 0) is 12.8 Å². The van der Waals surface area contributed by atoms with Crippen LogP contribution in [0, 0.1) is 0 Å². The van der Waals surface area contributed by atoms with Gasteiger partial charge in [0.05, 0.1) is 17.8 Å². The quantitative estimate of drug-likeness (QED) is 0.778. The SMILES string of the molecule is O=C(NCc1nc(-c2ccccc2)cs1)NCC1(O)CCCCC1. The summed E-state index contributed by atoms with van der Waals surface area (Å²) >= 11 is 1.53. The number of hydrogen-bond acceptors (Lipinski definition) is 4. The zero-order chi connectivity index (χ0) is 16.8. The third kappa shape index (κ3) is 4.55. The Morgan fingerprint density at radius 2 is 1.92 bits per heavy atom. The summed E-state index contributed by atoms with van der Waals surface area (Å²) < 4.78 is 0. The maximum atomic E-state index is 11.9. The molecule has 1 aliphatic carbocycles. The second-order valence-corrected chi connectivity index (χ2v) is 7.26. The number of carbonyl (C=O) groups is 1. The smallest absolute Gasteiger partial charge is 0.315 e. The number of amides is 2. The summed E-state index contributed by atoms with van der Waals surface area (Å²) in [6, 6.07) is 9.72. The average Bonchev–Trinajstić information content (AvgIpc) is 3.09. The Hall–Kier alpha value is -1.92. The van der Waals surface area contributed by atoms with Gasteiger partial charge in [0.2, 0.25) is 0 Å². The monoisotopic (exact) mass is 345 g/mol. The zero-order valence-electron chi connectivity index (χ0n) is 13.6. The molecule has 0 bridgehead atoms. The van der Waals surface area contributed by atoms with Gasteiger partial charge in [-0.1, -0.05) is 49.6 Å². The third-order valence-electron chi connectivity index (χ3n) is 4.38. The minimum atomic E-state index is -0.739. The Morgan fingerprint density at radius 1 is 1.17 bits per heavy atom. The van der Waals surface area contributed by atoms with E-state index in [4.69, 9.17) is 0 Å². The molecule has 24 heavy (non-hydrogen) atoms. The molecule has 1 aromatic carbocycles. The predicted octanol–water partition coefficient (Wildman–Crippen LogP) is 3.30. The summed E-state index contributed by atoms with van der Waals surface area (Å²) in [4.78, 5) is 16.5. The van der Waals surface area contributed by atoms with Gasteiger partial charge in [-0.3, -0.25) is 0 Å². The van der Waals surface area contributed by atoms with Crippen molar-refractivity contribution in [2.45, 2.75) is 44.2 Å². The summed E-state index contributed by atoms with van der Waals surface area (Å²) in [6.07, 6.45) is 4.76. The molecular weight excluding hydrogens is 322 g/mol. The highest BCUT2D eigenvalue weighted by Crippen LogP contribution is 2.27. The molecule has 5 nitrogen and oxygen atoms in total. The Labute approximate surface area is 146 Å². The lowest BCUT2D eigenvalue weighted by atomic mass is 9.85. The number of thiazole rings is 1. The molecule has 2 aromatic rings. The second-order valence-electron chi connectivity index (χ2n) is 6.31. The summed E-state index contributed by atoms with van der Waals surface area (Å²) in [5.74, 6) is 0. The van der Waals surface area contributed by atoms with Gasteiger partial charge in [0.1, 0.15) is 5.01 Å². The molecule has 1 heterocycles. The Kier molecular flexibility index (Phi) is 5.48. The summed E-state index contributed by atoms with van der Waals surface area (Å²) in [5, 5.41) is 18.8. The number of nitrogens with one attached hydrogen (secondary N) is 2. The van der Waals surface area contributed by atoms with E-state index in [1.54, 1.807) is 0 Å². The molecule has 6 heteroatoms. The maximum Gasteiger partial charge on any atom is 0.315 e. The van der Waals surface area contributed by atoms with Crippen LogP contribution in [-0.4, -0.2) is 28.3 Å². The Morgan fingerprint density at radius 3 is 2.67 bits per heavy atom. The number of urea groups is 1. The molecule has 1 aliphatic rings. The van der Waals surface area contributed by atoms with Crippen LogP contribution in [0.25, 0.3) is 11.3 Å². The summed E-state index contributed by atoms with van der Waals surface area (Å²) in [5.41, 5.74) is 1.26. The molecule has 1 saturated carbocycles. The van der Waals surface area contributed by atoms with E-state index in [1.165, 1.54) is 17.8 Å². The van der Waals surface area contributed by atoms with E-state index >= 15 is 0 Å². The molecule has 128 valence electrons. The zero-order valence-corrected chi connectivity index (χ0v) is 14.4. The highest BCUT2D eigenvalue weighted by Gasteiger charge is 2.29. The standard InChI is InChI=1S/C18H23N3O2S/c22-17(20-13-18(23)9-5-2-6-10-18)19-11-16-21-15(12-24-16)14-7-3-1-4-8-14/h1,3-4,7-8,12,23H,2,5-6,9-11,13H2,(H2,19,20,22). The second kappa shape index (κ2) is 7.77. The summed E-state index contributed by atoms with van der Waals surface area (Å²) in [6.45, 7) is 0.702. The van der Waals surface area contributed by atoms with Crippen LogP contribution in [0.2, 0.25) is 0 Å². The van der Waals surface area contributed by atoms with Gasteiger partial charge in [0, 0.05) is 17.5 Å². The van der Waals surface area contributed by atoms with E-state index in [1.807, 2.05) is 35.7 Å². The van der Waals surface area contributed by atoms with E-state index in [2.05, 4.69) is 15.6 Å². The topological polar surface area (TPSA) is 74.2 Å². The van der Waals surface area contributed by atoms with E-state index in [0.717, 1.165) is 41.9 Å². The van der Waals surface area contributed by atoms with Gasteiger partial charge >= 0.3 is 6.03 Å². The molecule has 2 amide bonds. The van der Waals surface area contributed by atoms with Crippen molar-refractivity contribution in [3.05, 3.63) is 40.7 Å². The minimum Gasteiger partial charge on any atom is -0.388 e. The van der Waals surface area contributed by atoms with E-state index < -0.39 is 5.60 Å². The van der Waals surface area contributed by atoms with E-state index in [-0.39, 0.29) is 6.03 Å². The molecule has 0 spiro atoms. The van der Waals surface area contributed by atoms with Crippen molar-refractivity contribution in [1.29, 1.82) is 0 Å². The predicted molar refractivity (Wildman–Crippen MR) is 95.8 cm³/mol. The van der Waals surface area contributed by atoms with Crippen LogP contribution in [0.4, 0.5) is 4.79 Å². The average molecular weight is 345 g/mol. The first kappa shape index (κ1) is 16.9. The number of carbonyl (C=O) groups excluding carboxylic acids is 1. The largest absolute Gasteiger partial charge is 0.388 e. The lowest BCUT2D eigenvalue weighted by Gasteiger charge is -2.32. The molecule has 0 saturated heterocycles. The van der Waals surface area contributed by atoms with Crippen LogP contribution in [0.5, 0.6) is 0 Å². The van der Waals surface area contributed by atoms with Crippen molar-refractivity contribution in [3.63, 3.8) is 0 Å². The van der Waals surface area contributed by atoms with Gasteiger partial charge in [0.25, 0.3) is 0 Å². The Bertz CT molecular complexity index is 666. The molecule has 3 rings (SSSR count). The molecule has 3 N–H and O–H groups in total. The number of hydrogen-bond donors (Lipinski definition) is 3. The molecule has 0 atom stereocenters. The summed E-state index contributed by atoms with van der Waals surface area (Å²) in [7, 11) is 0. The molecule has 1 aromatic heterocycles. The van der Waals surface area contributed by atoms with Crippen molar-refractivity contribution >= 4 is 17.4 Å². The van der Waals surface area contributed by atoms with Crippen LogP contribution < -0.4 is 10.6 Å². The van der Waals surface area contributed by atoms with Crippen molar-refractivity contribution in [2.75, 3.05) is 6.54 Å². The lowest BCUT2D eigenvalue weighted by Crippen LogP contribution is -2.47. The molecular formula is C18H23N3O2S. The number of nitrogens with zero attached hydrogens (tertiary/aromatic N) is 1. The number of aromatic nitrogens is 1. The highest BCUT2D eigenvalue weighted by atomic mass is 32.1. The fourth-order valence-electron chi connectivity index (χ4n) is 2.98. The molecule has 0 aliphatic heterocycles. The van der Waals surface area contributed by atoms with Gasteiger partial charge in [-0.25, -0.2) is 9.78 Å². The van der Waals surface area contributed by atoms with Crippen LogP contribution in [-0.2, 0) is 6.54 Å². The molecule has 1 fully saturated rings. The Balaban J connectivity index is 1.46. The number of benzene rings is 1. The van der Waals surface area contributed by atoms with Crippen molar-refractivity contribution < 1.29 is 9.90 Å². The first-order valence-corrected chi connectivity index (χ1v) is 9.27. The number of rotatable bonds is 5. The van der Waals surface area contributed by atoms with Gasteiger partial charge in [-0.15, -0.1) is 11.3 Å². The number of aliphatic hydroxyl groups is 1. The maximum absolute atomic E-state index is 11.9. The first-order valence-electron chi connectivity index (χ1n) is 8.39. The van der Waals surface area contributed by atoms with E-state index in [9.17, 15) is 9.90 Å². The lowest BCUT2D eigenvalue weighted by molar-refractivity contribution is 0.00719.